The number of rotatable bonds is 8. The summed E-state index contributed by atoms with van der Waals surface area (Å²) in [6, 6.07) is 10.1. The molecule has 0 spiro atoms. The Morgan fingerprint density at radius 2 is 1.76 bits per heavy atom. The number of nitrogens with one attached hydrogen (secondary N) is 1. The second-order valence-electron chi connectivity index (χ2n) is 5.59. The van der Waals surface area contributed by atoms with E-state index in [1.807, 2.05) is 0 Å². The van der Waals surface area contributed by atoms with Gasteiger partial charge in [0.1, 0.15) is 10.6 Å². The van der Waals surface area contributed by atoms with Gasteiger partial charge in [0, 0.05) is 18.3 Å². The van der Waals surface area contributed by atoms with Gasteiger partial charge >= 0.3 is 5.97 Å². The summed E-state index contributed by atoms with van der Waals surface area (Å²) in [5.41, 5.74) is 0.525. The van der Waals surface area contributed by atoms with Crippen LogP contribution in [-0.4, -0.2) is 52.6 Å². The fraction of sp³-hybridized carbons (Fsp3) is 0.222. The number of halogens is 1. The quantitative estimate of drug-likeness (QED) is 0.493. The van der Waals surface area contributed by atoms with Gasteiger partial charge in [-0.1, -0.05) is 16.1 Å². The second kappa shape index (κ2) is 9.70. The molecule has 0 aromatic heterocycles. The molecule has 156 valence electrons. The summed E-state index contributed by atoms with van der Waals surface area (Å²) in [4.78, 5) is 28.0. The van der Waals surface area contributed by atoms with Gasteiger partial charge < -0.3 is 14.8 Å². The minimum atomic E-state index is -4.02. The van der Waals surface area contributed by atoms with Crippen molar-refractivity contribution < 1.29 is 32.3 Å². The molecule has 0 saturated heterocycles. The van der Waals surface area contributed by atoms with E-state index in [9.17, 15) is 18.0 Å². The average Bonchev–Trinajstić information content (AvgIpc) is 2.72. The SMILES string of the molecule is COC(=O)COc1ccc(NC(=O)c2ccc(Cl)c(S(=O)(=O)N(C)OC)c2)cc1. The molecule has 0 fully saturated rings. The van der Waals surface area contributed by atoms with E-state index in [0.717, 1.165) is 6.07 Å². The van der Waals surface area contributed by atoms with Crippen molar-refractivity contribution in [2.24, 2.45) is 0 Å². The molecule has 0 aliphatic rings. The largest absolute Gasteiger partial charge is 0.482 e. The summed E-state index contributed by atoms with van der Waals surface area (Å²) in [5, 5.41) is 2.59. The van der Waals surface area contributed by atoms with Crippen LogP contribution in [0.25, 0.3) is 0 Å². The fourth-order valence-corrected chi connectivity index (χ4v) is 3.59. The normalized spacial score (nSPS) is 11.2. The second-order valence-corrected chi connectivity index (χ2v) is 7.90. The Morgan fingerprint density at radius 1 is 1.10 bits per heavy atom. The highest BCUT2D eigenvalue weighted by molar-refractivity contribution is 7.89. The number of hydroxylamine groups is 1. The highest BCUT2D eigenvalue weighted by Crippen LogP contribution is 2.26. The van der Waals surface area contributed by atoms with Crippen molar-refractivity contribution in [2.75, 3.05) is 33.2 Å². The van der Waals surface area contributed by atoms with Crippen molar-refractivity contribution in [3.05, 3.63) is 53.1 Å². The third-order valence-electron chi connectivity index (χ3n) is 3.76. The number of benzene rings is 2. The van der Waals surface area contributed by atoms with E-state index >= 15 is 0 Å². The van der Waals surface area contributed by atoms with Crippen molar-refractivity contribution in [3.63, 3.8) is 0 Å². The van der Waals surface area contributed by atoms with Crippen molar-refractivity contribution in [1.29, 1.82) is 0 Å². The molecule has 11 heteroatoms. The number of carbonyl (C=O) groups excluding carboxylic acids is 2. The molecule has 0 unspecified atom stereocenters. The minimum absolute atomic E-state index is 0.0439. The Hall–Kier alpha value is -2.66. The van der Waals surface area contributed by atoms with Gasteiger partial charge in [0.15, 0.2) is 6.61 Å². The zero-order chi connectivity index (χ0) is 21.6. The van der Waals surface area contributed by atoms with Crippen molar-refractivity contribution in [1.82, 2.24) is 4.47 Å². The first-order valence-corrected chi connectivity index (χ1v) is 9.94. The summed E-state index contributed by atoms with van der Waals surface area (Å²) < 4.78 is 35.2. The molecule has 0 bridgehead atoms. The summed E-state index contributed by atoms with van der Waals surface area (Å²) in [7, 11) is -0.364. The predicted molar refractivity (Wildman–Crippen MR) is 105 cm³/mol. The van der Waals surface area contributed by atoms with Gasteiger partial charge in [0.2, 0.25) is 0 Å². The van der Waals surface area contributed by atoms with Crippen molar-refractivity contribution in [3.8, 4) is 5.75 Å². The maximum atomic E-state index is 12.5. The van der Waals surface area contributed by atoms with Crippen LogP contribution in [0.3, 0.4) is 0 Å². The lowest BCUT2D eigenvalue weighted by atomic mass is 10.2. The van der Waals surface area contributed by atoms with Crippen molar-refractivity contribution in [2.45, 2.75) is 4.90 Å². The molecule has 0 saturated carbocycles. The third kappa shape index (κ3) is 5.67. The first-order valence-electron chi connectivity index (χ1n) is 8.12. The van der Waals surface area contributed by atoms with E-state index in [0.29, 0.717) is 15.9 Å². The van der Waals surface area contributed by atoms with Gasteiger partial charge in [-0.15, -0.1) is 0 Å². The molecular weight excluding hydrogens is 424 g/mol. The zero-order valence-electron chi connectivity index (χ0n) is 15.8. The molecule has 9 nitrogen and oxygen atoms in total. The van der Waals surface area contributed by atoms with Crippen LogP contribution in [0, 0.1) is 0 Å². The lowest BCUT2D eigenvalue weighted by molar-refractivity contribution is -0.142. The fourth-order valence-electron chi connectivity index (χ4n) is 2.12. The number of anilines is 1. The van der Waals surface area contributed by atoms with Crippen molar-refractivity contribution >= 4 is 39.2 Å². The molecule has 0 heterocycles. The first kappa shape index (κ1) is 22.6. The first-order chi connectivity index (χ1) is 13.7. The standard InChI is InChI=1S/C18H19ClN2O7S/c1-21(27-3)29(24,25)16-10-12(4-9-15(16)19)18(23)20-13-5-7-14(8-6-13)28-11-17(22)26-2/h4-10H,11H2,1-3H3,(H,20,23). The van der Waals surface area contributed by atoms with Crippen LogP contribution in [0.5, 0.6) is 5.75 Å². The molecule has 2 aromatic rings. The molecule has 29 heavy (non-hydrogen) atoms. The number of ether oxygens (including phenoxy) is 2. The molecule has 1 amide bonds. The van der Waals surface area contributed by atoms with Crippen LogP contribution in [0.4, 0.5) is 5.69 Å². The Labute approximate surface area is 173 Å². The number of amides is 1. The topological polar surface area (TPSA) is 111 Å². The number of methoxy groups -OCH3 is 1. The molecule has 0 aliphatic heterocycles. The van der Waals surface area contributed by atoms with Crippen LogP contribution in [0.2, 0.25) is 5.02 Å². The Bertz CT molecular complexity index is 994. The lowest BCUT2D eigenvalue weighted by Gasteiger charge is -2.16. The van der Waals surface area contributed by atoms with Gasteiger partial charge in [0.05, 0.1) is 19.2 Å². The summed E-state index contributed by atoms with van der Waals surface area (Å²) in [5.74, 6) is -0.646. The van der Waals surface area contributed by atoms with E-state index in [1.54, 1.807) is 24.3 Å². The Balaban J connectivity index is 2.15. The van der Waals surface area contributed by atoms with E-state index < -0.39 is 21.9 Å². The van der Waals surface area contributed by atoms with Crippen LogP contribution in [0.1, 0.15) is 10.4 Å². The number of nitrogens with zero attached hydrogens (tertiary/aromatic N) is 1. The molecule has 1 N–H and O–H groups in total. The maximum absolute atomic E-state index is 12.5. The Morgan fingerprint density at radius 3 is 2.34 bits per heavy atom. The van der Waals surface area contributed by atoms with E-state index in [4.69, 9.17) is 21.2 Å². The van der Waals surface area contributed by atoms with Crippen LogP contribution >= 0.6 is 11.6 Å². The molecule has 0 radical (unpaired) electrons. The van der Waals surface area contributed by atoms with Gasteiger partial charge in [-0.25, -0.2) is 13.2 Å². The van der Waals surface area contributed by atoms with Gasteiger partial charge in [-0.3, -0.25) is 9.63 Å². The minimum Gasteiger partial charge on any atom is -0.482 e. The number of esters is 1. The number of carbonyl (C=O) groups is 2. The van der Waals surface area contributed by atoms with Gasteiger partial charge in [0.25, 0.3) is 15.9 Å². The monoisotopic (exact) mass is 442 g/mol. The Kier molecular flexibility index (Phi) is 7.57. The summed E-state index contributed by atoms with van der Waals surface area (Å²) >= 11 is 5.99. The third-order valence-corrected chi connectivity index (χ3v) is 5.92. The summed E-state index contributed by atoms with van der Waals surface area (Å²) in [6.07, 6.45) is 0. The average molecular weight is 443 g/mol. The molecule has 0 atom stereocenters. The van der Waals surface area contributed by atoms with E-state index in [-0.39, 0.29) is 22.1 Å². The highest BCUT2D eigenvalue weighted by Gasteiger charge is 2.25. The number of sulfonamides is 1. The van der Waals surface area contributed by atoms with Crippen LogP contribution < -0.4 is 10.1 Å². The summed E-state index contributed by atoms with van der Waals surface area (Å²) in [6.45, 7) is -0.236. The lowest BCUT2D eigenvalue weighted by Crippen LogP contribution is -2.26. The highest BCUT2D eigenvalue weighted by atomic mass is 35.5. The molecule has 2 aromatic carbocycles. The smallest absolute Gasteiger partial charge is 0.343 e. The zero-order valence-corrected chi connectivity index (χ0v) is 17.4. The van der Waals surface area contributed by atoms with Gasteiger partial charge in [-0.2, -0.15) is 0 Å². The van der Waals surface area contributed by atoms with E-state index in [2.05, 4.69) is 10.1 Å². The molecular formula is C18H19ClN2O7S. The number of hydrogen-bond donors (Lipinski definition) is 1. The predicted octanol–water partition coefficient (Wildman–Crippen LogP) is 2.33. The van der Waals surface area contributed by atoms with Crippen LogP contribution in [-0.2, 0) is 24.4 Å². The number of hydrogen-bond acceptors (Lipinski definition) is 7. The molecule has 0 aliphatic carbocycles. The van der Waals surface area contributed by atoms with E-state index in [1.165, 1.54) is 33.4 Å². The van der Waals surface area contributed by atoms with Crippen LogP contribution in [0.15, 0.2) is 47.4 Å². The maximum Gasteiger partial charge on any atom is 0.343 e. The van der Waals surface area contributed by atoms with Gasteiger partial charge in [-0.05, 0) is 42.5 Å². The molecule has 2 rings (SSSR count).